The van der Waals surface area contributed by atoms with E-state index in [0.717, 1.165) is 0 Å². The van der Waals surface area contributed by atoms with E-state index in [0.29, 0.717) is 16.6 Å². The molecule has 21 heavy (non-hydrogen) atoms. The Morgan fingerprint density at radius 2 is 1.76 bits per heavy atom. The minimum absolute atomic E-state index is 0.217. The summed E-state index contributed by atoms with van der Waals surface area (Å²) in [6.07, 6.45) is -5.22. The van der Waals surface area contributed by atoms with Gasteiger partial charge < -0.3 is 4.74 Å². The second kappa shape index (κ2) is 6.08. The van der Waals surface area contributed by atoms with Gasteiger partial charge >= 0.3 is 6.36 Å². The van der Waals surface area contributed by atoms with Crippen LogP contribution in [-0.2, 0) is 6.54 Å². The first kappa shape index (κ1) is 16.5. The number of halogens is 6. The van der Waals surface area contributed by atoms with Gasteiger partial charge in [0.1, 0.15) is 5.75 Å². The van der Waals surface area contributed by atoms with Gasteiger partial charge in [-0.05, 0) is 23.8 Å². The molecular weight excluding hydrogens is 361 g/mol. The molecule has 0 bridgehead atoms. The SMILES string of the molecule is FC1(F)CCN(Cc2cc(Br)cc(OC(F)(F)F)c2)CC1. The van der Waals surface area contributed by atoms with Crippen molar-refractivity contribution in [3.63, 3.8) is 0 Å². The van der Waals surface area contributed by atoms with Gasteiger partial charge in [-0.3, -0.25) is 4.90 Å². The smallest absolute Gasteiger partial charge is 0.406 e. The first-order valence-electron chi connectivity index (χ1n) is 6.28. The summed E-state index contributed by atoms with van der Waals surface area (Å²) in [5.74, 6) is -2.97. The van der Waals surface area contributed by atoms with E-state index < -0.39 is 12.3 Å². The molecule has 0 aromatic heterocycles. The molecule has 0 aliphatic carbocycles. The number of piperidine rings is 1. The molecule has 0 saturated carbocycles. The summed E-state index contributed by atoms with van der Waals surface area (Å²) in [5, 5.41) is 0. The van der Waals surface area contributed by atoms with E-state index >= 15 is 0 Å². The van der Waals surface area contributed by atoms with Crippen molar-refractivity contribution in [2.45, 2.75) is 31.7 Å². The molecule has 0 spiro atoms. The average molecular weight is 374 g/mol. The summed E-state index contributed by atoms with van der Waals surface area (Å²) in [6.45, 7) is 0.744. The minimum Gasteiger partial charge on any atom is -0.406 e. The second-order valence-corrected chi connectivity index (χ2v) is 5.89. The third-order valence-electron chi connectivity index (χ3n) is 3.16. The molecule has 2 rings (SSSR count). The summed E-state index contributed by atoms with van der Waals surface area (Å²) < 4.78 is 67.1. The van der Waals surface area contributed by atoms with E-state index in [9.17, 15) is 22.0 Å². The van der Waals surface area contributed by atoms with Gasteiger partial charge in [-0.2, -0.15) is 0 Å². The molecule has 1 aromatic carbocycles. The fraction of sp³-hybridized carbons (Fsp3) is 0.538. The predicted molar refractivity (Wildman–Crippen MR) is 70.3 cm³/mol. The number of hydrogen-bond acceptors (Lipinski definition) is 2. The molecule has 2 nitrogen and oxygen atoms in total. The summed E-state index contributed by atoms with van der Waals surface area (Å²) in [4.78, 5) is 1.79. The van der Waals surface area contributed by atoms with Crippen LogP contribution in [0.3, 0.4) is 0 Å². The Labute approximate surface area is 127 Å². The van der Waals surface area contributed by atoms with Gasteiger partial charge in [0.2, 0.25) is 0 Å². The topological polar surface area (TPSA) is 12.5 Å². The van der Waals surface area contributed by atoms with Crippen LogP contribution in [0.4, 0.5) is 22.0 Å². The van der Waals surface area contributed by atoms with E-state index in [1.54, 1.807) is 11.0 Å². The molecule has 0 atom stereocenters. The minimum atomic E-state index is -4.76. The van der Waals surface area contributed by atoms with Gasteiger partial charge in [-0.1, -0.05) is 15.9 Å². The van der Waals surface area contributed by atoms with Crippen molar-refractivity contribution in [2.24, 2.45) is 0 Å². The first-order valence-corrected chi connectivity index (χ1v) is 7.08. The molecule has 118 valence electrons. The quantitative estimate of drug-likeness (QED) is 0.719. The van der Waals surface area contributed by atoms with Crippen molar-refractivity contribution in [3.8, 4) is 5.75 Å². The van der Waals surface area contributed by atoms with Crippen LogP contribution in [0, 0.1) is 0 Å². The van der Waals surface area contributed by atoms with Gasteiger partial charge in [0.05, 0.1) is 0 Å². The van der Waals surface area contributed by atoms with Gasteiger partial charge in [0.15, 0.2) is 0 Å². The number of hydrogen-bond donors (Lipinski definition) is 0. The Hall–Kier alpha value is -0.890. The molecule has 0 radical (unpaired) electrons. The fourth-order valence-corrected chi connectivity index (χ4v) is 2.72. The first-order chi connectivity index (χ1) is 9.63. The molecule has 1 fully saturated rings. The highest BCUT2D eigenvalue weighted by atomic mass is 79.9. The van der Waals surface area contributed by atoms with Crippen molar-refractivity contribution in [1.29, 1.82) is 0 Å². The molecule has 1 saturated heterocycles. The lowest BCUT2D eigenvalue weighted by atomic mass is 10.1. The van der Waals surface area contributed by atoms with Gasteiger partial charge in [0.25, 0.3) is 5.92 Å². The molecule has 1 aromatic rings. The molecule has 0 N–H and O–H groups in total. The molecule has 1 heterocycles. The second-order valence-electron chi connectivity index (χ2n) is 4.98. The summed E-state index contributed by atoms with van der Waals surface area (Å²) >= 11 is 3.12. The zero-order valence-corrected chi connectivity index (χ0v) is 12.5. The largest absolute Gasteiger partial charge is 0.573 e. The van der Waals surface area contributed by atoms with Crippen molar-refractivity contribution >= 4 is 15.9 Å². The van der Waals surface area contributed by atoms with E-state index in [4.69, 9.17) is 0 Å². The number of nitrogens with zero attached hydrogens (tertiary/aromatic N) is 1. The maximum absolute atomic E-state index is 13.1. The average Bonchev–Trinajstić information content (AvgIpc) is 2.29. The lowest BCUT2D eigenvalue weighted by Crippen LogP contribution is -2.38. The summed E-state index contributed by atoms with van der Waals surface area (Å²) in [7, 11) is 0. The Balaban J connectivity index is 2.03. The van der Waals surface area contributed by atoms with E-state index in [1.807, 2.05) is 0 Å². The van der Waals surface area contributed by atoms with Crippen LogP contribution in [0.1, 0.15) is 18.4 Å². The number of benzene rings is 1. The lowest BCUT2D eigenvalue weighted by molar-refractivity contribution is -0.274. The van der Waals surface area contributed by atoms with Gasteiger partial charge in [-0.25, -0.2) is 8.78 Å². The van der Waals surface area contributed by atoms with E-state index in [-0.39, 0.29) is 31.7 Å². The highest BCUT2D eigenvalue weighted by molar-refractivity contribution is 9.10. The predicted octanol–water partition coefficient (Wildman–Crippen LogP) is 4.58. The Morgan fingerprint density at radius 1 is 1.14 bits per heavy atom. The van der Waals surface area contributed by atoms with E-state index in [1.165, 1.54) is 12.1 Å². The molecule has 1 aliphatic rings. The number of alkyl halides is 5. The standard InChI is InChI=1S/C13H13BrF5NO/c14-10-5-9(6-11(7-10)21-13(17,18)19)8-20-3-1-12(15,16)2-4-20/h5-7H,1-4,8H2. The maximum Gasteiger partial charge on any atom is 0.573 e. The number of ether oxygens (including phenoxy) is 1. The summed E-state index contributed by atoms with van der Waals surface area (Å²) in [5.41, 5.74) is 0.578. The van der Waals surface area contributed by atoms with E-state index in [2.05, 4.69) is 20.7 Å². The maximum atomic E-state index is 13.1. The zero-order valence-electron chi connectivity index (χ0n) is 10.9. The molecule has 0 amide bonds. The Bertz CT molecular complexity index is 496. The molecule has 1 aliphatic heterocycles. The Morgan fingerprint density at radius 3 is 2.33 bits per heavy atom. The van der Waals surface area contributed by atoms with Crippen LogP contribution in [-0.4, -0.2) is 30.3 Å². The van der Waals surface area contributed by atoms with Crippen molar-refractivity contribution in [3.05, 3.63) is 28.2 Å². The normalized spacial score (nSPS) is 19.5. The Kier molecular flexibility index (Phi) is 4.77. The van der Waals surface area contributed by atoms with Gasteiger partial charge in [-0.15, -0.1) is 13.2 Å². The van der Waals surface area contributed by atoms with Crippen LogP contribution in [0.15, 0.2) is 22.7 Å². The highest BCUT2D eigenvalue weighted by Gasteiger charge is 2.34. The molecule has 0 unspecified atom stereocenters. The number of likely N-dealkylation sites (tertiary alicyclic amines) is 1. The third kappa shape index (κ3) is 5.43. The van der Waals surface area contributed by atoms with Crippen LogP contribution < -0.4 is 4.74 Å². The van der Waals surface area contributed by atoms with Crippen molar-refractivity contribution in [2.75, 3.05) is 13.1 Å². The lowest BCUT2D eigenvalue weighted by Gasteiger charge is -2.31. The van der Waals surface area contributed by atoms with Crippen molar-refractivity contribution < 1.29 is 26.7 Å². The van der Waals surface area contributed by atoms with Crippen LogP contribution >= 0.6 is 15.9 Å². The van der Waals surface area contributed by atoms with Crippen LogP contribution in [0.2, 0.25) is 0 Å². The zero-order chi connectivity index (χ0) is 15.7. The molecular formula is C13H13BrF5NO. The van der Waals surface area contributed by atoms with Crippen molar-refractivity contribution in [1.82, 2.24) is 4.90 Å². The summed E-state index contributed by atoms with van der Waals surface area (Å²) in [6, 6.07) is 4.13. The van der Waals surface area contributed by atoms with Crippen LogP contribution in [0.25, 0.3) is 0 Å². The fourth-order valence-electron chi connectivity index (χ4n) is 2.20. The van der Waals surface area contributed by atoms with Crippen LogP contribution in [0.5, 0.6) is 5.75 Å². The monoisotopic (exact) mass is 373 g/mol. The highest BCUT2D eigenvalue weighted by Crippen LogP contribution is 2.30. The van der Waals surface area contributed by atoms with Gasteiger partial charge in [0, 0.05) is 36.9 Å². The number of rotatable bonds is 3. The molecule has 8 heteroatoms. The third-order valence-corrected chi connectivity index (χ3v) is 3.62.